The molecular formula is C10H10Cl2N2O3S2. The zero-order chi connectivity index (χ0) is 14.5. The van der Waals surface area contributed by atoms with E-state index in [-0.39, 0.29) is 21.0 Å². The molecule has 2 N–H and O–H groups in total. The standard InChI is InChI=1S/C10H10Cl2N2O3S2/c1-13-10(18)14-19(15,16)8-5-3-2-4-7(8)17-9(12)6-11/h2-6H,1H3,(H2,13,14,18). The van der Waals surface area contributed by atoms with E-state index in [1.165, 1.54) is 19.2 Å². The molecule has 1 aromatic rings. The van der Waals surface area contributed by atoms with Crippen molar-refractivity contribution in [2.24, 2.45) is 0 Å². The third-order valence-electron chi connectivity index (χ3n) is 1.89. The highest BCUT2D eigenvalue weighted by Gasteiger charge is 2.20. The lowest BCUT2D eigenvalue weighted by molar-refractivity contribution is 0.449. The molecule has 0 bridgehead atoms. The van der Waals surface area contributed by atoms with Crippen molar-refractivity contribution in [1.82, 2.24) is 10.0 Å². The molecule has 0 fully saturated rings. The lowest BCUT2D eigenvalue weighted by atomic mass is 10.3. The Bertz CT molecular complexity index is 603. The number of halogens is 2. The average Bonchev–Trinajstić information content (AvgIpc) is 2.38. The average molecular weight is 341 g/mol. The van der Waals surface area contributed by atoms with Gasteiger partial charge >= 0.3 is 0 Å². The molecule has 0 unspecified atom stereocenters. The summed E-state index contributed by atoms with van der Waals surface area (Å²) in [6.45, 7) is 0. The zero-order valence-electron chi connectivity index (χ0n) is 9.68. The third kappa shape index (κ3) is 4.54. The van der Waals surface area contributed by atoms with Crippen LogP contribution in [0.15, 0.2) is 39.9 Å². The van der Waals surface area contributed by atoms with Crippen LogP contribution in [-0.2, 0) is 10.0 Å². The van der Waals surface area contributed by atoms with Gasteiger partial charge in [-0.15, -0.1) is 0 Å². The summed E-state index contributed by atoms with van der Waals surface area (Å²) in [5.74, 6) is 0.0378. The molecular weight excluding hydrogens is 331 g/mol. The molecule has 0 atom stereocenters. The highest BCUT2D eigenvalue weighted by atomic mass is 35.5. The van der Waals surface area contributed by atoms with Crippen LogP contribution < -0.4 is 14.8 Å². The second-order valence-corrected chi connectivity index (χ2v) is 5.80. The van der Waals surface area contributed by atoms with Crippen LogP contribution in [0.4, 0.5) is 0 Å². The van der Waals surface area contributed by atoms with Gasteiger partial charge in [0.1, 0.15) is 10.6 Å². The van der Waals surface area contributed by atoms with Gasteiger partial charge in [-0.3, -0.25) is 4.72 Å². The first-order valence-electron chi connectivity index (χ1n) is 4.88. The number of ether oxygens (including phenoxy) is 1. The van der Waals surface area contributed by atoms with Crippen molar-refractivity contribution in [1.29, 1.82) is 0 Å². The Balaban J connectivity index is 3.16. The number of nitrogens with one attached hydrogen (secondary N) is 2. The van der Waals surface area contributed by atoms with Crippen LogP contribution in [0.5, 0.6) is 5.75 Å². The van der Waals surface area contributed by atoms with Crippen molar-refractivity contribution in [3.8, 4) is 5.75 Å². The van der Waals surface area contributed by atoms with Gasteiger partial charge < -0.3 is 10.1 Å². The number of thiocarbonyl (C=S) groups is 1. The second-order valence-electron chi connectivity index (χ2n) is 3.15. The summed E-state index contributed by atoms with van der Waals surface area (Å²) in [5, 5.41) is 2.32. The molecule has 0 amide bonds. The van der Waals surface area contributed by atoms with E-state index in [2.05, 4.69) is 10.0 Å². The second kappa shape index (κ2) is 6.95. The van der Waals surface area contributed by atoms with Gasteiger partial charge in [0, 0.05) is 7.05 Å². The highest BCUT2D eigenvalue weighted by Crippen LogP contribution is 2.26. The topological polar surface area (TPSA) is 67.4 Å². The fraction of sp³-hybridized carbons (Fsp3) is 0.100. The summed E-state index contributed by atoms with van der Waals surface area (Å²) >= 11 is 15.7. The van der Waals surface area contributed by atoms with Crippen LogP contribution in [-0.4, -0.2) is 20.6 Å². The van der Waals surface area contributed by atoms with E-state index < -0.39 is 10.0 Å². The zero-order valence-corrected chi connectivity index (χ0v) is 12.8. The van der Waals surface area contributed by atoms with Gasteiger partial charge in [0.2, 0.25) is 5.22 Å². The molecule has 5 nitrogen and oxygen atoms in total. The molecule has 0 aliphatic carbocycles. The van der Waals surface area contributed by atoms with Crippen LogP contribution in [0, 0.1) is 0 Å². The molecule has 0 aromatic heterocycles. The van der Waals surface area contributed by atoms with Crippen LogP contribution in [0.3, 0.4) is 0 Å². The van der Waals surface area contributed by atoms with E-state index in [1.807, 2.05) is 0 Å². The van der Waals surface area contributed by atoms with Crippen molar-refractivity contribution in [2.45, 2.75) is 4.90 Å². The molecule has 0 aliphatic rings. The van der Waals surface area contributed by atoms with Crippen LogP contribution in [0.25, 0.3) is 0 Å². The van der Waals surface area contributed by atoms with E-state index >= 15 is 0 Å². The molecule has 1 aromatic carbocycles. The largest absolute Gasteiger partial charge is 0.443 e. The molecule has 19 heavy (non-hydrogen) atoms. The molecule has 0 heterocycles. The third-order valence-corrected chi connectivity index (χ3v) is 4.21. The normalized spacial score (nSPS) is 11.8. The van der Waals surface area contributed by atoms with Crippen molar-refractivity contribution in [3.05, 3.63) is 35.0 Å². The minimum Gasteiger partial charge on any atom is -0.443 e. The molecule has 1 rings (SSSR count). The highest BCUT2D eigenvalue weighted by molar-refractivity contribution is 7.92. The number of hydrogen-bond donors (Lipinski definition) is 2. The smallest absolute Gasteiger partial charge is 0.267 e. The number of hydrogen-bond acceptors (Lipinski definition) is 4. The Morgan fingerprint density at radius 3 is 2.63 bits per heavy atom. The van der Waals surface area contributed by atoms with Crippen LogP contribution in [0.1, 0.15) is 0 Å². The molecule has 0 spiro atoms. The van der Waals surface area contributed by atoms with E-state index in [0.717, 1.165) is 5.54 Å². The summed E-state index contributed by atoms with van der Waals surface area (Å²) in [6, 6.07) is 5.94. The van der Waals surface area contributed by atoms with E-state index in [9.17, 15) is 8.42 Å². The lowest BCUT2D eigenvalue weighted by Crippen LogP contribution is -2.37. The first-order valence-corrected chi connectivity index (χ1v) is 7.58. The van der Waals surface area contributed by atoms with Gasteiger partial charge in [0.05, 0.1) is 5.54 Å². The summed E-state index contributed by atoms with van der Waals surface area (Å²) in [6.07, 6.45) is 0. The minimum atomic E-state index is -3.86. The van der Waals surface area contributed by atoms with Gasteiger partial charge in [-0.05, 0) is 36.0 Å². The number of rotatable bonds is 4. The first-order chi connectivity index (χ1) is 8.90. The SMILES string of the molecule is CNC(=S)NS(=O)(=O)c1ccccc1OC(Cl)=CCl. The van der Waals surface area contributed by atoms with E-state index in [1.54, 1.807) is 12.1 Å². The van der Waals surface area contributed by atoms with E-state index in [0.29, 0.717) is 0 Å². The number of para-hydroxylation sites is 1. The molecule has 0 aliphatic heterocycles. The molecule has 0 saturated heterocycles. The Morgan fingerprint density at radius 1 is 1.42 bits per heavy atom. The van der Waals surface area contributed by atoms with Gasteiger partial charge in [0.15, 0.2) is 5.11 Å². The predicted octanol–water partition coefficient (Wildman–Crippen LogP) is 2.12. The maximum absolute atomic E-state index is 12.1. The van der Waals surface area contributed by atoms with Crippen molar-refractivity contribution < 1.29 is 13.2 Å². The Hall–Kier alpha value is -1.02. The van der Waals surface area contributed by atoms with Crippen molar-refractivity contribution >= 4 is 50.6 Å². The fourth-order valence-electron chi connectivity index (χ4n) is 1.11. The summed E-state index contributed by atoms with van der Waals surface area (Å²) < 4.78 is 31.4. The number of sulfonamides is 1. The predicted molar refractivity (Wildman–Crippen MR) is 78.8 cm³/mol. The molecule has 104 valence electrons. The molecule has 0 saturated carbocycles. The Kier molecular flexibility index (Phi) is 5.86. The maximum Gasteiger partial charge on any atom is 0.267 e. The summed E-state index contributed by atoms with van der Waals surface area (Å²) in [7, 11) is -2.36. The van der Waals surface area contributed by atoms with Crippen molar-refractivity contribution in [3.63, 3.8) is 0 Å². The van der Waals surface area contributed by atoms with Gasteiger partial charge in [0.25, 0.3) is 10.0 Å². The Morgan fingerprint density at radius 2 is 2.05 bits per heavy atom. The maximum atomic E-state index is 12.1. The Labute approximate surface area is 126 Å². The van der Waals surface area contributed by atoms with Gasteiger partial charge in [-0.1, -0.05) is 23.7 Å². The van der Waals surface area contributed by atoms with E-state index in [4.69, 9.17) is 40.2 Å². The van der Waals surface area contributed by atoms with Gasteiger partial charge in [-0.25, -0.2) is 8.42 Å². The van der Waals surface area contributed by atoms with Gasteiger partial charge in [-0.2, -0.15) is 0 Å². The van der Waals surface area contributed by atoms with Crippen molar-refractivity contribution in [2.75, 3.05) is 7.05 Å². The minimum absolute atomic E-state index is 0.0335. The molecule has 9 heteroatoms. The molecule has 0 radical (unpaired) electrons. The number of benzene rings is 1. The van der Waals surface area contributed by atoms with Crippen LogP contribution >= 0.6 is 35.4 Å². The first kappa shape index (κ1) is 16.0. The quantitative estimate of drug-likeness (QED) is 0.649. The summed E-state index contributed by atoms with van der Waals surface area (Å²) in [4.78, 5) is -0.107. The van der Waals surface area contributed by atoms with Crippen LogP contribution in [0.2, 0.25) is 0 Å². The lowest BCUT2D eigenvalue weighted by Gasteiger charge is -2.12. The monoisotopic (exact) mass is 340 g/mol. The summed E-state index contributed by atoms with van der Waals surface area (Å²) in [5.41, 5.74) is 0.983. The fourth-order valence-corrected chi connectivity index (χ4v) is 2.66.